The number of amides is 1. The average molecular weight is 310 g/mol. The molecule has 0 radical (unpaired) electrons. The Morgan fingerprint density at radius 2 is 2.11 bits per heavy atom. The zero-order chi connectivity index (χ0) is 13.0. The first-order valence-electron chi connectivity index (χ1n) is 5.35. The number of anilines is 1. The van der Waals surface area contributed by atoms with Gasteiger partial charge in [0.05, 0.1) is 6.54 Å². The normalized spacial score (nSPS) is 10.3. The number of benzene rings is 1. The van der Waals surface area contributed by atoms with Crippen molar-refractivity contribution in [1.82, 2.24) is 10.3 Å². The van der Waals surface area contributed by atoms with Crippen LogP contribution in [0.5, 0.6) is 0 Å². The quantitative estimate of drug-likeness (QED) is 0.910. The van der Waals surface area contributed by atoms with Gasteiger partial charge in [-0.2, -0.15) is 0 Å². The van der Waals surface area contributed by atoms with Gasteiger partial charge < -0.3 is 15.1 Å². The molecule has 1 amide bonds. The molecule has 2 aromatic rings. The lowest BCUT2D eigenvalue weighted by Crippen LogP contribution is -2.13. The van der Waals surface area contributed by atoms with Gasteiger partial charge in [0.15, 0.2) is 5.69 Å². The Labute approximate surface area is 113 Å². The second kappa shape index (κ2) is 5.79. The summed E-state index contributed by atoms with van der Waals surface area (Å²) >= 11 is 3.33. The van der Waals surface area contributed by atoms with Crippen molar-refractivity contribution in [3.05, 3.63) is 46.6 Å². The van der Waals surface area contributed by atoms with Gasteiger partial charge >= 0.3 is 0 Å². The van der Waals surface area contributed by atoms with Crippen molar-refractivity contribution in [3.63, 3.8) is 0 Å². The second-order valence-electron chi connectivity index (χ2n) is 3.62. The summed E-state index contributed by atoms with van der Waals surface area (Å²) in [7, 11) is 1.78. The van der Waals surface area contributed by atoms with Crippen LogP contribution in [0.1, 0.15) is 16.4 Å². The minimum absolute atomic E-state index is 0.267. The number of halogens is 1. The highest BCUT2D eigenvalue weighted by Crippen LogP contribution is 2.15. The van der Waals surface area contributed by atoms with Gasteiger partial charge in [-0.1, -0.05) is 15.9 Å². The number of hydrogen-bond acceptors (Lipinski definition) is 4. The Bertz CT molecular complexity index is 537. The molecule has 1 heterocycles. The number of aromatic nitrogens is 1. The van der Waals surface area contributed by atoms with Crippen LogP contribution < -0.4 is 10.6 Å². The maximum atomic E-state index is 11.9. The molecule has 1 aromatic heterocycles. The summed E-state index contributed by atoms with van der Waals surface area (Å²) in [6.45, 7) is 0.492. The Morgan fingerprint density at radius 3 is 2.78 bits per heavy atom. The number of carbonyl (C=O) groups excluding carboxylic acids is 1. The highest BCUT2D eigenvalue weighted by Gasteiger charge is 2.11. The molecule has 0 atom stereocenters. The van der Waals surface area contributed by atoms with Crippen LogP contribution in [0, 0.1) is 0 Å². The summed E-state index contributed by atoms with van der Waals surface area (Å²) in [5.41, 5.74) is 0.976. The van der Waals surface area contributed by atoms with Gasteiger partial charge in [0.1, 0.15) is 6.26 Å². The summed E-state index contributed by atoms with van der Waals surface area (Å²) in [5, 5.41) is 5.64. The molecule has 0 fully saturated rings. The molecule has 94 valence electrons. The number of hydrogen-bond donors (Lipinski definition) is 2. The van der Waals surface area contributed by atoms with Crippen molar-refractivity contribution in [3.8, 4) is 0 Å². The first-order chi connectivity index (χ1) is 8.69. The standard InChI is InChI=1S/C12H12BrN3O2/c1-14-6-11-16-10(7-18-11)12(17)15-9-4-2-8(13)3-5-9/h2-5,7,14H,6H2,1H3,(H,15,17). The van der Waals surface area contributed by atoms with Crippen LogP contribution in [-0.4, -0.2) is 17.9 Å². The highest BCUT2D eigenvalue weighted by molar-refractivity contribution is 9.10. The molecule has 2 N–H and O–H groups in total. The van der Waals surface area contributed by atoms with Gasteiger partial charge in [0.2, 0.25) is 5.89 Å². The maximum absolute atomic E-state index is 11.9. The summed E-state index contributed by atoms with van der Waals surface area (Å²) in [4.78, 5) is 15.9. The minimum atomic E-state index is -0.288. The Balaban J connectivity index is 2.04. The van der Waals surface area contributed by atoms with Crippen molar-refractivity contribution in [2.45, 2.75) is 6.54 Å². The van der Waals surface area contributed by atoms with E-state index in [1.54, 1.807) is 19.2 Å². The molecule has 0 aliphatic carbocycles. The van der Waals surface area contributed by atoms with Crippen LogP contribution in [0.25, 0.3) is 0 Å². The highest BCUT2D eigenvalue weighted by atomic mass is 79.9. The zero-order valence-corrected chi connectivity index (χ0v) is 11.3. The molecular formula is C12H12BrN3O2. The van der Waals surface area contributed by atoms with E-state index in [-0.39, 0.29) is 11.6 Å². The number of carbonyl (C=O) groups is 1. The van der Waals surface area contributed by atoms with E-state index < -0.39 is 0 Å². The smallest absolute Gasteiger partial charge is 0.277 e. The monoisotopic (exact) mass is 309 g/mol. The number of nitrogens with one attached hydrogen (secondary N) is 2. The molecule has 0 unspecified atom stereocenters. The van der Waals surface area contributed by atoms with E-state index in [2.05, 4.69) is 31.5 Å². The van der Waals surface area contributed by atoms with E-state index in [4.69, 9.17) is 4.42 Å². The number of rotatable bonds is 4. The third kappa shape index (κ3) is 3.18. The summed E-state index contributed by atoms with van der Waals surface area (Å²) < 4.78 is 6.10. The lowest BCUT2D eigenvalue weighted by Gasteiger charge is -2.02. The van der Waals surface area contributed by atoms with Crippen molar-refractivity contribution in [2.75, 3.05) is 12.4 Å². The largest absolute Gasteiger partial charge is 0.447 e. The van der Waals surface area contributed by atoms with E-state index in [0.29, 0.717) is 18.1 Å². The van der Waals surface area contributed by atoms with E-state index in [9.17, 15) is 4.79 Å². The SMILES string of the molecule is CNCc1nc(C(=O)Nc2ccc(Br)cc2)co1. The van der Waals surface area contributed by atoms with Gasteiger partial charge in [-0.3, -0.25) is 4.79 Å². The summed E-state index contributed by atoms with van der Waals surface area (Å²) in [5.74, 6) is 0.196. The molecule has 0 spiro atoms. The van der Waals surface area contributed by atoms with Gasteiger partial charge in [-0.05, 0) is 31.3 Å². The van der Waals surface area contributed by atoms with Crippen LogP contribution in [0.3, 0.4) is 0 Å². The lowest BCUT2D eigenvalue weighted by atomic mass is 10.3. The third-order valence-electron chi connectivity index (χ3n) is 2.21. The maximum Gasteiger partial charge on any atom is 0.277 e. The summed E-state index contributed by atoms with van der Waals surface area (Å²) in [6.07, 6.45) is 1.35. The molecule has 0 saturated carbocycles. The Morgan fingerprint density at radius 1 is 1.39 bits per heavy atom. The molecule has 1 aromatic carbocycles. The van der Waals surface area contributed by atoms with Gasteiger partial charge in [0.25, 0.3) is 5.91 Å². The predicted octanol–water partition coefficient (Wildman–Crippen LogP) is 2.41. The number of oxazole rings is 1. The van der Waals surface area contributed by atoms with E-state index in [1.165, 1.54) is 6.26 Å². The first kappa shape index (κ1) is 12.8. The van der Waals surface area contributed by atoms with Gasteiger partial charge in [0, 0.05) is 10.2 Å². The van der Waals surface area contributed by atoms with Crippen LogP contribution in [-0.2, 0) is 6.54 Å². The van der Waals surface area contributed by atoms with Crippen LogP contribution in [0.15, 0.2) is 39.4 Å². The average Bonchev–Trinajstić information content (AvgIpc) is 2.81. The molecule has 6 heteroatoms. The molecule has 0 bridgehead atoms. The van der Waals surface area contributed by atoms with Gasteiger partial charge in [-0.15, -0.1) is 0 Å². The van der Waals surface area contributed by atoms with Crippen molar-refractivity contribution in [2.24, 2.45) is 0 Å². The first-order valence-corrected chi connectivity index (χ1v) is 6.14. The molecule has 0 aliphatic heterocycles. The van der Waals surface area contributed by atoms with E-state index in [0.717, 1.165) is 4.47 Å². The second-order valence-corrected chi connectivity index (χ2v) is 4.53. The Hall–Kier alpha value is -1.66. The molecule has 0 aliphatic rings. The fourth-order valence-corrected chi connectivity index (χ4v) is 1.64. The van der Waals surface area contributed by atoms with Crippen LogP contribution in [0.2, 0.25) is 0 Å². The molecule has 18 heavy (non-hydrogen) atoms. The van der Waals surface area contributed by atoms with Gasteiger partial charge in [-0.25, -0.2) is 4.98 Å². The van der Waals surface area contributed by atoms with Crippen molar-refractivity contribution >= 4 is 27.5 Å². The predicted molar refractivity (Wildman–Crippen MR) is 71.4 cm³/mol. The van der Waals surface area contributed by atoms with Crippen molar-refractivity contribution < 1.29 is 9.21 Å². The fraction of sp³-hybridized carbons (Fsp3) is 0.167. The third-order valence-corrected chi connectivity index (χ3v) is 2.74. The minimum Gasteiger partial charge on any atom is -0.447 e. The number of nitrogens with zero attached hydrogens (tertiary/aromatic N) is 1. The molecular weight excluding hydrogens is 298 g/mol. The lowest BCUT2D eigenvalue weighted by molar-refractivity contribution is 0.102. The molecule has 2 rings (SSSR count). The van der Waals surface area contributed by atoms with Crippen molar-refractivity contribution in [1.29, 1.82) is 0 Å². The van der Waals surface area contributed by atoms with E-state index in [1.807, 2.05) is 12.1 Å². The topological polar surface area (TPSA) is 67.2 Å². The molecule has 0 saturated heterocycles. The zero-order valence-electron chi connectivity index (χ0n) is 9.74. The fourth-order valence-electron chi connectivity index (χ4n) is 1.38. The summed E-state index contributed by atoms with van der Waals surface area (Å²) in [6, 6.07) is 7.31. The van der Waals surface area contributed by atoms with Crippen LogP contribution >= 0.6 is 15.9 Å². The van der Waals surface area contributed by atoms with E-state index >= 15 is 0 Å². The Kier molecular flexibility index (Phi) is 4.11. The van der Waals surface area contributed by atoms with Crippen LogP contribution in [0.4, 0.5) is 5.69 Å². The molecule has 5 nitrogen and oxygen atoms in total.